The summed E-state index contributed by atoms with van der Waals surface area (Å²) in [5.41, 5.74) is 2.12. The summed E-state index contributed by atoms with van der Waals surface area (Å²) in [5.74, 6) is 1.37. The summed E-state index contributed by atoms with van der Waals surface area (Å²) in [7, 11) is 0. The monoisotopic (exact) mass is 309 g/mol. The molecule has 0 atom stereocenters. The van der Waals surface area contributed by atoms with Gasteiger partial charge in [-0.25, -0.2) is 0 Å². The second kappa shape index (κ2) is 7.49. The van der Waals surface area contributed by atoms with E-state index in [9.17, 15) is 4.79 Å². The van der Waals surface area contributed by atoms with Gasteiger partial charge in [0.2, 0.25) is 5.91 Å². The number of hydrogen-bond donors (Lipinski definition) is 1. The van der Waals surface area contributed by atoms with Gasteiger partial charge in [-0.3, -0.25) is 4.79 Å². The quantitative estimate of drug-likeness (QED) is 0.864. The highest BCUT2D eigenvalue weighted by atomic mass is 16.6. The zero-order valence-electron chi connectivity index (χ0n) is 12.8. The maximum Gasteiger partial charge on any atom is 0.244 e. The molecule has 2 aromatic rings. The SMILES string of the molecule is O=C(C=Cc1ccc2c(c1)OCCO2)NCCc1ccccc1. The van der Waals surface area contributed by atoms with E-state index in [2.05, 4.69) is 17.4 Å². The molecule has 0 spiro atoms. The van der Waals surface area contributed by atoms with Gasteiger partial charge < -0.3 is 14.8 Å². The molecular formula is C19H19NO3. The second-order valence-corrected chi connectivity index (χ2v) is 5.26. The third kappa shape index (κ3) is 4.36. The van der Waals surface area contributed by atoms with Gasteiger partial charge in [0, 0.05) is 12.6 Å². The highest BCUT2D eigenvalue weighted by Crippen LogP contribution is 2.30. The van der Waals surface area contributed by atoms with Gasteiger partial charge in [-0.05, 0) is 35.8 Å². The van der Waals surface area contributed by atoms with Gasteiger partial charge in [-0.2, -0.15) is 0 Å². The van der Waals surface area contributed by atoms with Crippen LogP contribution >= 0.6 is 0 Å². The van der Waals surface area contributed by atoms with Crippen LogP contribution in [-0.4, -0.2) is 25.7 Å². The number of carbonyl (C=O) groups is 1. The van der Waals surface area contributed by atoms with Crippen molar-refractivity contribution in [2.45, 2.75) is 6.42 Å². The molecule has 1 aliphatic rings. The summed E-state index contributed by atoms with van der Waals surface area (Å²) < 4.78 is 11.0. The van der Waals surface area contributed by atoms with E-state index < -0.39 is 0 Å². The lowest BCUT2D eigenvalue weighted by Crippen LogP contribution is -2.23. The lowest BCUT2D eigenvalue weighted by atomic mass is 10.1. The maximum absolute atomic E-state index is 11.8. The Morgan fingerprint density at radius 2 is 1.83 bits per heavy atom. The van der Waals surface area contributed by atoms with E-state index in [1.807, 2.05) is 36.4 Å². The van der Waals surface area contributed by atoms with Gasteiger partial charge in [0.05, 0.1) is 0 Å². The van der Waals surface area contributed by atoms with Gasteiger partial charge >= 0.3 is 0 Å². The van der Waals surface area contributed by atoms with E-state index >= 15 is 0 Å². The number of nitrogens with one attached hydrogen (secondary N) is 1. The van der Waals surface area contributed by atoms with E-state index in [1.54, 1.807) is 6.08 Å². The van der Waals surface area contributed by atoms with Crippen LogP contribution in [0.15, 0.2) is 54.6 Å². The number of hydrogen-bond acceptors (Lipinski definition) is 3. The number of fused-ring (bicyclic) bond motifs is 1. The van der Waals surface area contributed by atoms with E-state index in [-0.39, 0.29) is 5.91 Å². The smallest absolute Gasteiger partial charge is 0.244 e. The molecular weight excluding hydrogens is 290 g/mol. The number of amides is 1. The molecule has 23 heavy (non-hydrogen) atoms. The molecule has 0 saturated carbocycles. The zero-order chi connectivity index (χ0) is 15.9. The van der Waals surface area contributed by atoms with Crippen molar-refractivity contribution in [3.63, 3.8) is 0 Å². The lowest BCUT2D eigenvalue weighted by molar-refractivity contribution is -0.116. The molecule has 0 unspecified atom stereocenters. The fraction of sp³-hybridized carbons (Fsp3) is 0.211. The Labute approximate surface area is 135 Å². The van der Waals surface area contributed by atoms with Crippen LogP contribution in [0.4, 0.5) is 0 Å². The minimum atomic E-state index is -0.101. The predicted molar refractivity (Wildman–Crippen MR) is 89.6 cm³/mol. The Balaban J connectivity index is 1.50. The molecule has 0 fully saturated rings. The van der Waals surface area contributed by atoms with Crippen LogP contribution in [-0.2, 0) is 11.2 Å². The first-order valence-corrected chi connectivity index (χ1v) is 7.71. The Hall–Kier alpha value is -2.75. The standard InChI is InChI=1S/C19H19NO3/c21-19(20-11-10-15-4-2-1-3-5-15)9-7-16-6-8-17-18(14-16)23-13-12-22-17/h1-9,14H,10-13H2,(H,20,21). The molecule has 0 radical (unpaired) electrons. The molecule has 4 heteroatoms. The van der Waals surface area contributed by atoms with Crippen LogP contribution in [0, 0.1) is 0 Å². The van der Waals surface area contributed by atoms with Crippen molar-refractivity contribution >= 4 is 12.0 Å². The molecule has 1 heterocycles. The minimum Gasteiger partial charge on any atom is -0.486 e. The average molecular weight is 309 g/mol. The first kappa shape index (κ1) is 15.2. The third-order valence-electron chi connectivity index (χ3n) is 3.55. The Kier molecular flexibility index (Phi) is 4.94. The van der Waals surface area contributed by atoms with Crippen molar-refractivity contribution in [3.8, 4) is 11.5 Å². The topological polar surface area (TPSA) is 47.6 Å². The average Bonchev–Trinajstić information content (AvgIpc) is 2.61. The molecule has 1 aliphatic heterocycles. The van der Waals surface area contributed by atoms with Crippen LogP contribution in [0.1, 0.15) is 11.1 Å². The van der Waals surface area contributed by atoms with Crippen molar-refractivity contribution in [1.29, 1.82) is 0 Å². The molecule has 2 aromatic carbocycles. The fourth-order valence-corrected chi connectivity index (χ4v) is 2.37. The summed E-state index contributed by atoms with van der Waals surface area (Å²) in [6, 6.07) is 15.7. The van der Waals surface area contributed by atoms with E-state index in [1.165, 1.54) is 11.6 Å². The number of carbonyl (C=O) groups excluding carboxylic acids is 1. The number of rotatable bonds is 5. The Morgan fingerprint density at radius 3 is 2.65 bits per heavy atom. The highest BCUT2D eigenvalue weighted by Gasteiger charge is 2.10. The molecule has 4 nitrogen and oxygen atoms in total. The number of benzene rings is 2. The van der Waals surface area contributed by atoms with Crippen LogP contribution in [0.2, 0.25) is 0 Å². The van der Waals surface area contributed by atoms with E-state index in [4.69, 9.17) is 9.47 Å². The molecule has 0 aromatic heterocycles. The molecule has 0 aliphatic carbocycles. The Bertz CT molecular complexity index is 695. The molecule has 1 N–H and O–H groups in total. The minimum absolute atomic E-state index is 0.101. The zero-order valence-corrected chi connectivity index (χ0v) is 12.8. The fourth-order valence-electron chi connectivity index (χ4n) is 2.37. The first-order chi connectivity index (χ1) is 11.3. The van der Waals surface area contributed by atoms with Crippen LogP contribution < -0.4 is 14.8 Å². The van der Waals surface area contributed by atoms with Crippen LogP contribution in [0.5, 0.6) is 11.5 Å². The summed E-state index contributed by atoms with van der Waals surface area (Å²) in [5, 5.41) is 2.88. The number of ether oxygens (including phenoxy) is 2. The largest absolute Gasteiger partial charge is 0.486 e. The van der Waals surface area contributed by atoms with Gasteiger partial charge in [0.25, 0.3) is 0 Å². The lowest BCUT2D eigenvalue weighted by Gasteiger charge is -2.18. The van der Waals surface area contributed by atoms with Crippen molar-refractivity contribution in [3.05, 3.63) is 65.7 Å². The second-order valence-electron chi connectivity index (χ2n) is 5.26. The molecule has 1 amide bonds. The van der Waals surface area contributed by atoms with Gasteiger partial charge in [-0.1, -0.05) is 36.4 Å². The van der Waals surface area contributed by atoms with E-state index in [0.717, 1.165) is 23.5 Å². The first-order valence-electron chi connectivity index (χ1n) is 7.71. The van der Waals surface area contributed by atoms with Crippen molar-refractivity contribution in [1.82, 2.24) is 5.32 Å². The summed E-state index contributed by atoms with van der Waals surface area (Å²) in [6.07, 6.45) is 4.14. The van der Waals surface area contributed by atoms with E-state index in [0.29, 0.717) is 19.8 Å². The summed E-state index contributed by atoms with van der Waals surface area (Å²) in [6.45, 7) is 1.75. The summed E-state index contributed by atoms with van der Waals surface area (Å²) >= 11 is 0. The Morgan fingerprint density at radius 1 is 1.04 bits per heavy atom. The van der Waals surface area contributed by atoms with Gasteiger partial charge in [-0.15, -0.1) is 0 Å². The van der Waals surface area contributed by atoms with Crippen LogP contribution in [0.3, 0.4) is 0 Å². The summed E-state index contributed by atoms with van der Waals surface area (Å²) in [4.78, 5) is 11.8. The highest BCUT2D eigenvalue weighted by molar-refractivity contribution is 5.91. The normalized spacial score (nSPS) is 13.0. The third-order valence-corrected chi connectivity index (χ3v) is 3.55. The molecule has 118 valence electrons. The van der Waals surface area contributed by atoms with Crippen molar-refractivity contribution in [2.75, 3.05) is 19.8 Å². The molecule has 0 bridgehead atoms. The molecule has 0 saturated heterocycles. The predicted octanol–water partition coefficient (Wildman–Crippen LogP) is 2.83. The maximum atomic E-state index is 11.8. The van der Waals surface area contributed by atoms with Crippen LogP contribution in [0.25, 0.3) is 6.08 Å². The van der Waals surface area contributed by atoms with Gasteiger partial charge in [0.1, 0.15) is 13.2 Å². The van der Waals surface area contributed by atoms with Crippen molar-refractivity contribution in [2.24, 2.45) is 0 Å². The van der Waals surface area contributed by atoms with Crippen molar-refractivity contribution < 1.29 is 14.3 Å². The van der Waals surface area contributed by atoms with Gasteiger partial charge in [0.15, 0.2) is 11.5 Å². The molecule has 3 rings (SSSR count).